The molecule has 1 aromatic heterocycles. The summed E-state index contributed by atoms with van der Waals surface area (Å²) in [5, 5.41) is 2.79. The number of hydrogen-bond donors (Lipinski definition) is 1. The largest absolute Gasteiger partial charge is 0.322 e. The smallest absolute Gasteiger partial charge is 0.255 e. The number of anilines is 1. The number of aryl methyl sites for hydroxylation is 2. The van der Waals surface area contributed by atoms with Gasteiger partial charge in [0.05, 0.1) is 0 Å². The van der Waals surface area contributed by atoms with Gasteiger partial charge >= 0.3 is 0 Å². The lowest BCUT2D eigenvalue weighted by molar-refractivity contribution is 0.102. The number of aromatic nitrogens is 1. The van der Waals surface area contributed by atoms with Crippen LogP contribution in [-0.4, -0.2) is 10.5 Å². The van der Waals surface area contributed by atoms with Crippen molar-refractivity contribution in [2.24, 2.45) is 7.05 Å². The van der Waals surface area contributed by atoms with Gasteiger partial charge in [0.2, 0.25) is 0 Å². The van der Waals surface area contributed by atoms with E-state index in [1.807, 2.05) is 25.1 Å². The van der Waals surface area contributed by atoms with E-state index in [-0.39, 0.29) is 11.5 Å². The predicted octanol–water partition coefficient (Wildman–Crippen LogP) is 2.71. The molecule has 0 atom stereocenters. The Hall–Kier alpha value is -1.88. The van der Waals surface area contributed by atoms with Crippen molar-refractivity contribution in [1.29, 1.82) is 0 Å². The molecular formula is C14H13BrN2O2. The fourth-order valence-electron chi connectivity index (χ4n) is 1.65. The van der Waals surface area contributed by atoms with E-state index in [4.69, 9.17) is 0 Å². The van der Waals surface area contributed by atoms with E-state index < -0.39 is 0 Å². The highest BCUT2D eigenvalue weighted by Gasteiger charge is 2.08. The summed E-state index contributed by atoms with van der Waals surface area (Å²) in [4.78, 5) is 23.5. The molecule has 0 saturated carbocycles. The number of benzene rings is 1. The number of carbonyl (C=O) groups is 1. The molecule has 98 valence electrons. The van der Waals surface area contributed by atoms with Crippen LogP contribution in [-0.2, 0) is 7.05 Å². The van der Waals surface area contributed by atoms with Gasteiger partial charge in [-0.15, -0.1) is 0 Å². The average molecular weight is 321 g/mol. The molecule has 0 saturated heterocycles. The maximum atomic E-state index is 12.0. The van der Waals surface area contributed by atoms with Gasteiger partial charge in [-0.3, -0.25) is 9.59 Å². The SMILES string of the molecule is Cc1cc(Br)ccc1NC(=O)c1ccn(C)c(=O)c1. The molecule has 4 nitrogen and oxygen atoms in total. The summed E-state index contributed by atoms with van der Waals surface area (Å²) in [6.07, 6.45) is 1.58. The number of amides is 1. The molecule has 5 heteroatoms. The first-order chi connectivity index (χ1) is 8.97. The zero-order chi connectivity index (χ0) is 14.0. The molecule has 1 N–H and O–H groups in total. The summed E-state index contributed by atoms with van der Waals surface area (Å²) < 4.78 is 2.37. The minimum absolute atomic E-state index is 0.208. The third-order valence-corrected chi connectivity index (χ3v) is 3.30. The molecule has 1 amide bonds. The van der Waals surface area contributed by atoms with Crippen LogP contribution in [0.4, 0.5) is 5.69 Å². The molecule has 1 heterocycles. The van der Waals surface area contributed by atoms with E-state index in [1.54, 1.807) is 19.3 Å². The third kappa shape index (κ3) is 3.12. The number of hydrogen-bond acceptors (Lipinski definition) is 2. The Bertz CT molecular complexity index is 692. The lowest BCUT2D eigenvalue weighted by Gasteiger charge is -2.09. The lowest BCUT2D eigenvalue weighted by atomic mass is 10.2. The molecule has 0 aliphatic rings. The summed E-state index contributed by atoms with van der Waals surface area (Å²) >= 11 is 3.37. The van der Waals surface area contributed by atoms with Gasteiger partial charge in [0, 0.05) is 35.0 Å². The van der Waals surface area contributed by atoms with Crippen molar-refractivity contribution < 1.29 is 4.79 Å². The molecule has 0 unspecified atom stereocenters. The van der Waals surface area contributed by atoms with Gasteiger partial charge in [-0.25, -0.2) is 0 Å². The Morgan fingerprint density at radius 1 is 1.26 bits per heavy atom. The van der Waals surface area contributed by atoms with Crippen LogP contribution in [0, 0.1) is 6.92 Å². The number of halogens is 1. The second-order valence-corrected chi connectivity index (χ2v) is 5.19. The number of rotatable bonds is 2. The predicted molar refractivity (Wildman–Crippen MR) is 78.5 cm³/mol. The van der Waals surface area contributed by atoms with Crippen molar-refractivity contribution in [3.8, 4) is 0 Å². The summed E-state index contributed by atoms with van der Waals surface area (Å²) in [6, 6.07) is 8.53. The molecule has 2 aromatic rings. The highest BCUT2D eigenvalue weighted by atomic mass is 79.9. The molecule has 0 radical (unpaired) electrons. The number of nitrogens with one attached hydrogen (secondary N) is 1. The van der Waals surface area contributed by atoms with Crippen LogP contribution in [0.15, 0.2) is 45.8 Å². The van der Waals surface area contributed by atoms with E-state index in [0.29, 0.717) is 5.56 Å². The first kappa shape index (κ1) is 13.5. The van der Waals surface area contributed by atoms with Crippen molar-refractivity contribution in [2.45, 2.75) is 6.92 Å². The van der Waals surface area contributed by atoms with Gasteiger partial charge < -0.3 is 9.88 Å². The van der Waals surface area contributed by atoms with Crippen molar-refractivity contribution in [1.82, 2.24) is 4.57 Å². The Labute approximate surface area is 119 Å². The highest BCUT2D eigenvalue weighted by Crippen LogP contribution is 2.20. The minimum atomic E-state index is -0.289. The van der Waals surface area contributed by atoms with E-state index in [1.165, 1.54) is 10.6 Å². The monoisotopic (exact) mass is 320 g/mol. The van der Waals surface area contributed by atoms with Crippen molar-refractivity contribution in [3.63, 3.8) is 0 Å². The second-order valence-electron chi connectivity index (χ2n) is 4.28. The topological polar surface area (TPSA) is 51.1 Å². The van der Waals surface area contributed by atoms with E-state index in [2.05, 4.69) is 21.2 Å². The molecule has 0 spiro atoms. The van der Waals surface area contributed by atoms with Crippen LogP contribution in [0.1, 0.15) is 15.9 Å². The molecule has 0 aliphatic carbocycles. The molecule has 0 bridgehead atoms. The second kappa shape index (κ2) is 5.40. The normalized spacial score (nSPS) is 10.3. The summed E-state index contributed by atoms with van der Waals surface area (Å²) in [5.41, 5.74) is 1.83. The van der Waals surface area contributed by atoms with Gasteiger partial charge in [0.15, 0.2) is 0 Å². The number of pyridine rings is 1. The Morgan fingerprint density at radius 2 is 2.00 bits per heavy atom. The average Bonchev–Trinajstić information content (AvgIpc) is 2.36. The summed E-state index contributed by atoms with van der Waals surface area (Å²) in [7, 11) is 1.64. The van der Waals surface area contributed by atoms with E-state index in [0.717, 1.165) is 15.7 Å². The zero-order valence-electron chi connectivity index (χ0n) is 10.6. The standard InChI is InChI=1S/C14H13BrN2O2/c1-9-7-11(15)3-4-12(9)16-14(19)10-5-6-17(2)13(18)8-10/h3-8H,1-2H3,(H,16,19). The maximum absolute atomic E-state index is 12.0. The fourth-order valence-corrected chi connectivity index (χ4v) is 2.13. The van der Waals surface area contributed by atoms with E-state index in [9.17, 15) is 9.59 Å². The quantitative estimate of drug-likeness (QED) is 0.925. The van der Waals surface area contributed by atoms with Crippen molar-refractivity contribution in [3.05, 3.63) is 62.5 Å². The Kier molecular flexibility index (Phi) is 3.85. The number of carbonyl (C=O) groups excluding carboxylic acids is 1. The van der Waals surface area contributed by atoms with Crippen LogP contribution >= 0.6 is 15.9 Å². The molecule has 0 fully saturated rings. The van der Waals surface area contributed by atoms with Crippen LogP contribution in [0.25, 0.3) is 0 Å². The van der Waals surface area contributed by atoms with Crippen molar-refractivity contribution >= 4 is 27.5 Å². The van der Waals surface area contributed by atoms with Crippen LogP contribution in [0.3, 0.4) is 0 Å². The first-order valence-electron chi connectivity index (χ1n) is 5.71. The van der Waals surface area contributed by atoms with E-state index >= 15 is 0 Å². The van der Waals surface area contributed by atoms with Crippen molar-refractivity contribution in [2.75, 3.05) is 5.32 Å². The molecule has 2 rings (SSSR count). The third-order valence-electron chi connectivity index (χ3n) is 2.80. The van der Waals surface area contributed by atoms with Gasteiger partial charge in [0.1, 0.15) is 0 Å². The van der Waals surface area contributed by atoms with Crippen LogP contribution in [0.5, 0.6) is 0 Å². The van der Waals surface area contributed by atoms with Gasteiger partial charge in [-0.1, -0.05) is 15.9 Å². The van der Waals surface area contributed by atoms with Crippen LogP contribution < -0.4 is 10.9 Å². The summed E-state index contributed by atoms with van der Waals surface area (Å²) in [6.45, 7) is 1.91. The number of nitrogens with zero attached hydrogens (tertiary/aromatic N) is 1. The van der Waals surface area contributed by atoms with Gasteiger partial charge in [-0.2, -0.15) is 0 Å². The maximum Gasteiger partial charge on any atom is 0.255 e. The zero-order valence-corrected chi connectivity index (χ0v) is 12.2. The first-order valence-corrected chi connectivity index (χ1v) is 6.51. The molecule has 1 aromatic carbocycles. The Morgan fingerprint density at radius 3 is 2.63 bits per heavy atom. The molecule has 19 heavy (non-hydrogen) atoms. The molecule has 0 aliphatic heterocycles. The molecular weight excluding hydrogens is 308 g/mol. The fraction of sp³-hybridized carbons (Fsp3) is 0.143. The van der Waals surface area contributed by atoms with Gasteiger partial charge in [-0.05, 0) is 36.8 Å². The van der Waals surface area contributed by atoms with Crippen LogP contribution in [0.2, 0.25) is 0 Å². The highest BCUT2D eigenvalue weighted by molar-refractivity contribution is 9.10. The lowest BCUT2D eigenvalue weighted by Crippen LogP contribution is -2.20. The Balaban J connectivity index is 2.25. The van der Waals surface area contributed by atoms with Gasteiger partial charge in [0.25, 0.3) is 11.5 Å². The minimum Gasteiger partial charge on any atom is -0.322 e. The summed E-state index contributed by atoms with van der Waals surface area (Å²) in [5.74, 6) is -0.289.